The lowest BCUT2D eigenvalue weighted by atomic mass is 10.00. The highest BCUT2D eigenvalue weighted by molar-refractivity contribution is 7.10. The molecule has 3 aromatic rings. The number of carbonyl (C=O) groups excluding carboxylic acids is 2. The number of benzene rings is 2. The minimum absolute atomic E-state index is 0.0708. The predicted molar refractivity (Wildman–Crippen MR) is 132 cm³/mol. The normalized spacial score (nSPS) is 15.2. The van der Waals surface area contributed by atoms with E-state index < -0.39 is 5.82 Å². The molecule has 0 fully saturated rings. The molecule has 0 unspecified atom stereocenters. The minimum Gasteiger partial charge on any atom is -0.488 e. The number of ether oxygens (including phenoxy) is 1. The smallest absolute Gasteiger partial charge is 0.254 e. The molecule has 0 saturated heterocycles. The number of hydrogen-bond acceptors (Lipinski definition) is 4. The van der Waals surface area contributed by atoms with Crippen molar-refractivity contribution in [3.63, 3.8) is 0 Å². The van der Waals surface area contributed by atoms with Crippen LogP contribution in [-0.4, -0.2) is 47.4 Å². The van der Waals surface area contributed by atoms with E-state index >= 15 is 0 Å². The molecule has 0 radical (unpaired) electrons. The summed E-state index contributed by atoms with van der Waals surface area (Å²) in [6, 6.07) is 14.4. The largest absolute Gasteiger partial charge is 0.488 e. The van der Waals surface area contributed by atoms with Crippen LogP contribution in [0.1, 0.15) is 40.7 Å². The lowest BCUT2D eigenvalue weighted by Crippen LogP contribution is -2.49. The van der Waals surface area contributed by atoms with Gasteiger partial charge in [-0.05, 0) is 67.6 Å². The van der Waals surface area contributed by atoms with Gasteiger partial charge in [-0.15, -0.1) is 11.3 Å². The van der Waals surface area contributed by atoms with Crippen LogP contribution in [0.2, 0.25) is 5.02 Å². The van der Waals surface area contributed by atoms with E-state index in [-0.39, 0.29) is 42.8 Å². The average Bonchev–Trinajstić information content (AvgIpc) is 3.30. The molecule has 0 N–H and O–H groups in total. The molecule has 4 rings (SSSR count). The first kappa shape index (κ1) is 24.2. The van der Waals surface area contributed by atoms with Crippen molar-refractivity contribution in [2.24, 2.45) is 0 Å². The molecule has 1 atom stereocenters. The number of thiophene rings is 1. The molecule has 1 aliphatic rings. The first-order chi connectivity index (χ1) is 16.3. The van der Waals surface area contributed by atoms with Crippen LogP contribution < -0.4 is 4.74 Å². The van der Waals surface area contributed by atoms with Crippen molar-refractivity contribution >= 4 is 34.8 Å². The topological polar surface area (TPSA) is 49.9 Å². The maximum Gasteiger partial charge on any atom is 0.254 e. The molecule has 1 aliphatic heterocycles. The number of fused-ring (bicyclic) bond motifs is 1. The zero-order valence-electron chi connectivity index (χ0n) is 19.0. The summed E-state index contributed by atoms with van der Waals surface area (Å²) in [6.45, 7) is 4.32. The fraction of sp³-hybridized carbons (Fsp3) is 0.308. The van der Waals surface area contributed by atoms with Crippen LogP contribution >= 0.6 is 22.9 Å². The minimum atomic E-state index is -0.445. The van der Waals surface area contributed by atoms with E-state index in [0.29, 0.717) is 17.1 Å². The molecule has 1 aromatic heterocycles. The van der Waals surface area contributed by atoms with Gasteiger partial charge in [0.1, 0.15) is 13.2 Å². The summed E-state index contributed by atoms with van der Waals surface area (Å²) >= 11 is 7.71. The molecule has 5 nitrogen and oxygen atoms in total. The Balaban J connectivity index is 1.54. The lowest BCUT2D eigenvalue weighted by Gasteiger charge is -2.37. The van der Waals surface area contributed by atoms with Gasteiger partial charge in [-0.3, -0.25) is 9.59 Å². The van der Waals surface area contributed by atoms with Gasteiger partial charge >= 0.3 is 0 Å². The van der Waals surface area contributed by atoms with E-state index in [9.17, 15) is 14.0 Å². The Morgan fingerprint density at radius 2 is 2.00 bits per heavy atom. The Bertz CT molecular complexity index is 1180. The molecule has 8 heteroatoms. The van der Waals surface area contributed by atoms with Crippen LogP contribution in [0.4, 0.5) is 4.39 Å². The van der Waals surface area contributed by atoms with Gasteiger partial charge in [-0.25, -0.2) is 4.39 Å². The van der Waals surface area contributed by atoms with Crippen LogP contribution in [0.25, 0.3) is 0 Å². The monoisotopic (exact) mass is 500 g/mol. The molecule has 34 heavy (non-hydrogen) atoms. The van der Waals surface area contributed by atoms with Gasteiger partial charge in [-0.1, -0.05) is 29.8 Å². The van der Waals surface area contributed by atoms with Crippen LogP contribution in [-0.2, 0) is 11.2 Å². The van der Waals surface area contributed by atoms with Gasteiger partial charge in [0.05, 0.1) is 6.04 Å². The number of hydrogen-bond donors (Lipinski definition) is 0. The Morgan fingerprint density at radius 1 is 1.21 bits per heavy atom. The van der Waals surface area contributed by atoms with E-state index in [2.05, 4.69) is 0 Å². The fourth-order valence-electron chi connectivity index (χ4n) is 4.12. The summed E-state index contributed by atoms with van der Waals surface area (Å²) in [4.78, 5) is 31.2. The van der Waals surface area contributed by atoms with Crippen molar-refractivity contribution in [3.8, 4) is 5.75 Å². The maximum absolute atomic E-state index is 14.1. The fourth-order valence-corrected chi connectivity index (χ4v) is 5.24. The van der Waals surface area contributed by atoms with Crippen LogP contribution in [0.15, 0.2) is 60.0 Å². The van der Waals surface area contributed by atoms with Gasteiger partial charge in [0, 0.05) is 28.0 Å². The molecule has 0 spiro atoms. The Labute approximate surface area is 207 Å². The molecule has 178 valence electrons. The van der Waals surface area contributed by atoms with Crippen molar-refractivity contribution in [1.82, 2.24) is 9.80 Å². The summed E-state index contributed by atoms with van der Waals surface area (Å²) in [5.74, 6) is -0.724. The van der Waals surface area contributed by atoms with Gasteiger partial charge in [0.2, 0.25) is 5.91 Å². The van der Waals surface area contributed by atoms with Gasteiger partial charge in [-0.2, -0.15) is 0 Å². The Hall–Kier alpha value is -2.90. The summed E-state index contributed by atoms with van der Waals surface area (Å²) in [5, 5.41) is 2.46. The maximum atomic E-state index is 14.1. The van der Waals surface area contributed by atoms with E-state index in [1.165, 1.54) is 10.9 Å². The van der Waals surface area contributed by atoms with E-state index in [1.54, 1.807) is 63.6 Å². The second kappa shape index (κ2) is 10.6. The molecule has 0 bridgehead atoms. The zero-order chi connectivity index (χ0) is 24.2. The first-order valence-electron chi connectivity index (χ1n) is 11.1. The van der Waals surface area contributed by atoms with Crippen molar-refractivity contribution in [2.45, 2.75) is 32.4 Å². The van der Waals surface area contributed by atoms with Crippen molar-refractivity contribution < 1.29 is 18.7 Å². The van der Waals surface area contributed by atoms with Gasteiger partial charge < -0.3 is 14.5 Å². The number of nitrogens with zero attached hydrogens (tertiary/aromatic N) is 2. The van der Waals surface area contributed by atoms with Crippen molar-refractivity contribution in [3.05, 3.63) is 86.8 Å². The number of halogens is 2. The number of carbonyl (C=O) groups is 2. The molecule has 2 aromatic carbocycles. The third-order valence-electron chi connectivity index (χ3n) is 5.91. The summed E-state index contributed by atoms with van der Waals surface area (Å²) in [7, 11) is 0. The summed E-state index contributed by atoms with van der Waals surface area (Å²) in [5.41, 5.74) is 1.45. The Kier molecular flexibility index (Phi) is 7.54. The van der Waals surface area contributed by atoms with Crippen molar-refractivity contribution in [2.75, 3.05) is 19.7 Å². The third kappa shape index (κ3) is 5.26. The molecule has 0 aliphatic carbocycles. The van der Waals surface area contributed by atoms with Crippen molar-refractivity contribution in [1.29, 1.82) is 0 Å². The van der Waals surface area contributed by atoms with Crippen LogP contribution in [0.5, 0.6) is 5.75 Å². The Morgan fingerprint density at radius 3 is 2.74 bits per heavy atom. The van der Waals surface area contributed by atoms with Crippen LogP contribution in [0, 0.1) is 5.82 Å². The molecule has 2 amide bonds. The predicted octanol–water partition coefficient (Wildman–Crippen LogP) is 5.60. The summed E-state index contributed by atoms with van der Waals surface area (Å²) < 4.78 is 19.9. The molecule has 2 heterocycles. The second-order valence-electron chi connectivity index (χ2n) is 8.43. The third-order valence-corrected chi connectivity index (χ3v) is 7.14. The second-order valence-corrected chi connectivity index (χ2v) is 9.87. The highest BCUT2D eigenvalue weighted by atomic mass is 35.5. The first-order valence-corrected chi connectivity index (χ1v) is 12.4. The van der Waals surface area contributed by atoms with E-state index in [1.807, 2.05) is 25.3 Å². The van der Waals surface area contributed by atoms with Crippen LogP contribution in [0.3, 0.4) is 0 Å². The van der Waals surface area contributed by atoms with E-state index in [4.69, 9.17) is 16.3 Å². The highest BCUT2D eigenvalue weighted by Crippen LogP contribution is 2.34. The van der Waals surface area contributed by atoms with Gasteiger partial charge in [0.25, 0.3) is 5.91 Å². The highest BCUT2D eigenvalue weighted by Gasteiger charge is 2.34. The number of amides is 2. The molecular formula is C26H26ClFN2O3S. The lowest BCUT2D eigenvalue weighted by molar-refractivity contribution is -0.136. The standard InChI is InChI=1S/C26H26ClFN2O3S/c1-17(2)30(26(32)18-6-5-7-19(27)14-18)15-25(31)29-12-10-24-20(11-13-34-24)22(29)16-33-23-9-4-3-8-21(23)28/h3-9,11,13-14,17,22H,10,12,15-16H2,1-2H3/t22-/m1/s1. The van der Waals surface area contributed by atoms with E-state index in [0.717, 1.165) is 12.0 Å². The number of para-hydroxylation sites is 1. The number of rotatable bonds is 7. The summed E-state index contributed by atoms with van der Waals surface area (Å²) in [6.07, 6.45) is 0.735. The average molecular weight is 501 g/mol. The quantitative estimate of drug-likeness (QED) is 0.424. The molecule has 0 saturated carbocycles. The molecular weight excluding hydrogens is 475 g/mol. The SMILES string of the molecule is CC(C)N(CC(=O)N1CCc2sccc2[C@H]1COc1ccccc1F)C(=O)c1cccc(Cl)c1. The van der Waals surface area contributed by atoms with Gasteiger partial charge in [0.15, 0.2) is 11.6 Å². The zero-order valence-corrected chi connectivity index (χ0v) is 20.6.